The van der Waals surface area contributed by atoms with E-state index in [1.165, 1.54) is 28.5 Å². The highest BCUT2D eigenvalue weighted by Gasteiger charge is 2.30. The fraction of sp³-hybridized carbons (Fsp3) is 0.0741. The fourth-order valence-corrected chi connectivity index (χ4v) is 4.71. The monoisotopic (exact) mass is 530 g/mol. The second-order valence-corrected chi connectivity index (χ2v) is 9.39. The molecule has 4 aromatic rings. The zero-order valence-corrected chi connectivity index (χ0v) is 21.1. The molecule has 1 amide bonds. The van der Waals surface area contributed by atoms with Gasteiger partial charge >= 0.3 is 0 Å². The predicted octanol–water partition coefficient (Wildman–Crippen LogP) is 6.76. The molecule has 184 valence electrons. The van der Waals surface area contributed by atoms with E-state index in [1.807, 2.05) is 35.7 Å². The van der Waals surface area contributed by atoms with E-state index in [-0.39, 0.29) is 18.2 Å². The summed E-state index contributed by atoms with van der Waals surface area (Å²) in [6, 6.07) is 21.1. The van der Waals surface area contributed by atoms with Crippen LogP contribution in [0.2, 0.25) is 5.02 Å². The van der Waals surface area contributed by atoms with Gasteiger partial charge in [-0.2, -0.15) is 10.1 Å². The van der Waals surface area contributed by atoms with Crippen LogP contribution in [0.5, 0.6) is 5.75 Å². The van der Waals surface area contributed by atoms with Gasteiger partial charge in [-0.25, -0.2) is 4.98 Å². The van der Waals surface area contributed by atoms with Gasteiger partial charge in [-0.05, 0) is 48.4 Å². The summed E-state index contributed by atoms with van der Waals surface area (Å²) in [5.41, 5.74) is 4.30. The number of benzene rings is 3. The van der Waals surface area contributed by atoms with Crippen molar-refractivity contribution in [1.82, 2.24) is 4.98 Å². The van der Waals surface area contributed by atoms with Crippen LogP contribution in [0, 0.1) is 10.1 Å². The topological polar surface area (TPSA) is 97.9 Å². The van der Waals surface area contributed by atoms with Crippen molar-refractivity contribution >= 4 is 51.5 Å². The Morgan fingerprint density at radius 3 is 2.57 bits per heavy atom. The first-order valence-electron chi connectivity index (χ1n) is 11.2. The van der Waals surface area contributed by atoms with Gasteiger partial charge in [0.25, 0.3) is 11.6 Å². The lowest BCUT2D eigenvalue weighted by atomic mass is 10.1. The van der Waals surface area contributed by atoms with Gasteiger partial charge in [0.05, 0.1) is 26.9 Å². The summed E-state index contributed by atoms with van der Waals surface area (Å²) >= 11 is 7.78. The van der Waals surface area contributed by atoms with Crippen LogP contribution in [0.4, 0.5) is 10.8 Å². The first-order chi connectivity index (χ1) is 17.9. The van der Waals surface area contributed by atoms with Gasteiger partial charge in [0.15, 0.2) is 0 Å². The number of nitro benzene ring substituents is 1. The third kappa shape index (κ3) is 5.28. The van der Waals surface area contributed by atoms with Crippen LogP contribution in [0.1, 0.15) is 18.1 Å². The van der Waals surface area contributed by atoms with Crippen LogP contribution >= 0.6 is 22.9 Å². The van der Waals surface area contributed by atoms with Gasteiger partial charge in [0.2, 0.25) is 5.13 Å². The number of thiazole rings is 1. The Bertz CT molecular complexity index is 1550. The Balaban J connectivity index is 1.29. The molecule has 1 aromatic heterocycles. The summed E-state index contributed by atoms with van der Waals surface area (Å²) in [6.45, 7) is 1.98. The summed E-state index contributed by atoms with van der Waals surface area (Å²) < 4.78 is 5.78. The molecule has 0 bridgehead atoms. The molecule has 0 spiro atoms. The van der Waals surface area contributed by atoms with Crippen molar-refractivity contribution in [2.75, 3.05) is 5.01 Å². The van der Waals surface area contributed by atoms with Crippen LogP contribution in [-0.4, -0.2) is 21.5 Å². The maximum absolute atomic E-state index is 13.2. The Morgan fingerprint density at radius 1 is 1.11 bits per heavy atom. The van der Waals surface area contributed by atoms with E-state index in [0.717, 1.165) is 22.4 Å². The number of anilines is 1. The summed E-state index contributed by atoms with van der Waals surface area (Å²) in [5.74, 6) is 0.198. The molecule has 0 unspecified atom stereocenters. The number of aromatic nitrogens is 1. The number of hydrazone groups is 1. The molecule has 0 saturated heterocycles. The Labute approximate surface area is 221 Å². The number of carbonyl (C=O) groups is 1. The van der Waals surface area contributed by atoms with Crippen LogP contribution in [0.15, 0.2) is 88.9 Å². The molecule has 0 atom stereocenters. The van der Waals surface area contributed by atoms with Crippen molar-refractivity contribution in [3.8, 4) is 17.0 Å². The van der Waals surface area contributed by atoms with Crippen molar-refractivity contribution in [2.24, 2.45) is 5.10 Å². The van der Waals surface area contributed by atoms with E-state index in [9.17, 15) is 14.9 Å². The first kappa shape index (κ1) is 24.4. The molecule has 3 aromatic carbocycles. The summed E-state index contributed by atoms with van der Waals surface area (Å²) in [4.78, 5) is 28.1. The second kappa shape index (κ2) is 10.3. The van der Waals surface area contributed by atoms with Crippen LogP contribution in [0.25, 0.3) is 17.3 Å². The molecule has 0 N–H and O–H groups in total. The molecule has 0 fully saturated rings. The summed E-state index contributed by atoms with van der Waals surface area (Å²) in [5, 5.41) is 19.3. The third-order valence-electron chi connectivity index (χ3n) is 5.61. The molecule has 0 radical (unpaired) electrons. The lowest BCUT2D eigenvalue weighted by molar-refractivity contribution is -0.384. The minimum Gasteiger partial charge on any atom is -0.487 e. The number of non-ortho nitro benzene ring substituents is 1. The molecule has 0 aliphatic carbocycles. The molecule has 1 aliphatic rings. The number of nitro groups is 1. The zero-order valence-electron chi connectivity index (χ0n) is 19.5. The van der Waals surface area contributed by atoms with E-state index in [4.69, 9.17) is 16.3 Å². The summed E-state index contributed by atoms with van der Waals surface area (Å²) in [6.07, 6.45) is 1.73. The highest BCUT2D eigenvalue weighted by atomic mass is 35.5. The largest absolute Gasteiger partial charge is 0.487 e. The fourth-order valence-electron chi connectivity index (χ4n) is 3.68. The van der Waals surface area contributed by atoms with E-state index >= 15 is 0 Å². The van der Waals surface area contributed by atoms with E-state index in [2.05, 4.69) is 10.1 Å². The molecule has 1 aliphatic heterocycles. The predicted molar refractivity (Wildman–Crippen MR) is 145 cm³/mol. The second-order valence-electron chi connectivity index (χ2n) is 8.14. The molecule has 2 heterocycles. The molecule has 0 saturated carbocycles. The smallest absolute Gasteiger partial charge is 0.282 e. The van der Waals surface area contributed by atoms with Gasteiger partial charge in [0, 0.05) is 23.1 Å². The van der Waals surface area contributed by atoms with E-state index in [0.29, 0.717) is 27.2 Å². The van der Waals surface area contributed by atoms with Crippen molar-refractivity contribution in [1.29, 1.82) is 0 Å². The number of rotatable bonds is 7. The van der Waals surface area contributed by atoms with Gasteiger partial charge in [-0.3, -0.25) is 14.9 Å². The highest BCUT2D eigenvalue weighted by Crippen LogP contribution is 2.32. The average Bonchev–Trinajstić information content (AvgIpc) is 3.50. The lowest BCUT2D eigenvalue weighted by Gasteiger charge is -2.09. The standard InChI is InChI=1S/C27H19ClN4O4S/c1-17-22(26(33)31(30-17)27-29-24(16-37-27)20-5-3-2-4-6-20)13-19-9-12-25(23(28)14-19)36-15-18-7-10-21(11-8-18)32(34)35/h2-14,16H,15H2,1H3. The van der Waals surface area contributed by atoms with Crippen LogP contribution in [0.3, 0.4) is 0 Å². The maximum atomic E-state index is 13.2. The Kier molecular flexibility index (Phi) is 6.80. The van der Waals surface area contributed by atoms with Gasteiger partial charge in [-0.15, -0.1) is 11.3 Å². The van der Waals surface area contributed by atoms with Crippen molar-refractivity contribution in [3.63, 3.8) is 0 Å². The average molecular weight is 531 g/mol. The molecule has 37 heavy (non-hydrogen) atoms. The van der Waals surface area contributed by atoms with E-state index < -0.39 is 4.92 Å². The van der Waals surface area contributed by atoms with Gasteiger partial charge < -0.3 is 4.74 Å². The first-order valence-corrected chi connectivity index (χ1v) is 12.4. The Hall–Kier alpha value is -4.34. The quantitative estimate of drug-likeness (QED) is 0.149. The minimum absolute atomic E-state index is 0.0181. The molecule has 8 nitrogen and oxygen atoms in total. The number of hydrogen-bond acceptors (Lipinski definition) is 7. The van der Waals surface area contributed by atoms with Crippen molar-refractivity contribution in [3.05, 3.63) is 110 Å². The van der Waals surface area contributed by atoms with Crippen LogP contribution in [-0.2, 0) is 11.4 Å². The molecule has 10 heteroatoms. The molecular formula is C27H19ClN4O4S. The SMILES string of the molecule is CC1=NN(c2nc(-c3ccccc3)cs2)C(=O)C1=Cc1ccc(OCc2ccc([N+](=O)[O-])cc2)c(Cl)c1. The number of nitrogens with zero attached hydrogens (tertiary/aromatic N) is 4. The zero-order chi connectivity index (χ0) is 25.9. The van der Waals surface area contributed by atoms with Crippen molar-refractivity contribution in [2.45, 2.75) is 13.5 Å². The van der Waals surface area contributed by atoms with E-state index in [1.54, 1.807) is 43.3 Å². The highest BCUT2D eigenvalue weighted by molar-refractivity contribution is 7.14. The van der Waals surface area contributed by atoms with Gasteiger partial charge in [-0.1, -0.05) is 48.0 Å². The number of hydrogen-bond donors (Lipinski definition) is 0. The summed E-state index contributed by atoms with van der Waals surface area (Å²) in [7, 11) is 0. The number of carbonyl (C=O) groups excluding carboxylic acids is 1. The Morgan fingerprint density at radius 2 is 1.86 bits per heavy atom. The minimum atomic E-state index is -0.450. The molecular weight excluding hydrogens is 512 g/mol. The number of ether oxygens (including phenoxy) is 1. The third-order valence-corrected chi connectivity index (χ3v) is 6.73. The van der Waals surface area contributed by atoms with Gasteiger partial charge in [0.1, 0.15) is 12.4 Å². The maximum Gasteiger partial charge on any atom is 0.282 e. The van der Waals surface area contributed by atoms with Crippen LogP contribution < -0.4 is 9.75 Å². The molecule has 5 rings (SSSR count). The van der Waals surface area contributed by atoms with Crippen molar-refractivity contribution < 1.29 is 14.5 Å². The lowest BCUT2D eigenvalue weighted by Crippen LogP contribution is -2.21. The number of amides is 1. The number of halogens is 1. The normalized spacial score (nSPS) is 14.2.